The largest absolute Gasteiger partial charge is 0.502 e. The monoisotopic (exact) mass is 240 g/mol. The van der Waals surface area contributed by atoms with Gasteiger partial charge in [-0.3, -0.25) is 4.79 Å². The summed E-state index contributed by atoms with van der Waals surface area (Å²) in [4.78, 5) is 12.0. The van der Waals surface area contributed by atoms with Crippen molar-refractivity contribution in [2.75, 3.05) is 19.7 Å². The van der Waals surface area contributed by atoms with Gasteiger partial charge in [-0.25, -0.2) is 0 Å². The van der Waals surface area contributed by atoms with Crippen molar-refractivity contribution < 1.29 is 9.53 Å². The van der Waals surface area contributed by atoms with E-state index in [1.54, 1.807) is 0 Å². The van der Waals surface area contributed by atoms with Gasteiger partial charge in [-0.15, -0.1) is 0 Å². The molecule has 1 amide bonds. The van der Waals surface area contributed by atoms with Gasteiger partial charge in [0.2, 0.25) is 5.91 Å². The lowest BCUT2D eigenvalue weighted by molar-refractivity contribution is -0.127. The lowest BCUT2D eigenvalue weighted by atomic mass is 9.79. The average Bonchev–Trinajstić information content (AvgIpc) is 2.38. The van der Waals surface area contributed by atoms with Crippen LogP contribution in [0.3, 0.4) is 0 Å². The van der Waals surface area contributed by atoms with Crippen LogP contribution in [0, 0.1) is 11.8 Å². The van der Waals surface area contributed by atoms with E-state index in [9.17, 15) is 4.79 Å². The third kappa shape index (κ3) is 4.77. The van der Waals surface area contributed by atoms with Gasteiger partial charge in [0, 0.05) is 12.5 Å². The minimum Gasteiger partial charge on any atom is -0.502 e. The van der Waals surface area contributed by atoms with Gasteiger partial charge in [-0.1, -0.05) is 19.4 Å². The third-order valence-corrected chi connectivity index (χ3v) is 3.40. The molecule has 2 unspecified atom stereocenters. The molecular weight excluding hydrogens is 216 g/mol. The Balaban J connectivity index is 2.23. The maximum atomic E-state index is 12.0. The van der Waals surface area contributed by atoms with Crippen molar-refractivity contribution in [2.45, 2.75) is 32.1 Å². The molecule has 0 aromatic heterocycles. The number of carbonyl (C=O) groups excluding carboxylic acids is 1. The number of carbonyl (C=O) groups is 1. The number of nitrogens with one attached hydrogen (secondary N) is 1. The van der Waals surface area contributed by atoms with Crippen LogP contribution in [0.25, 0.3) is 0 Å². The van der Waals surface area contributed by atoms with Gasteiger partial charge < -0.3 is 15.8 Å². The van der Waals surface area contributed by atoms with E-state index in [-0.39, 0.29) is 11.8 Å². The van der Waals surface area contributed by atoms with Crippen LogP contribution in [-0.2, 0) is 9.53 Å². The second kappa shape index (κ2) is 8.12. The Morgan fingerprint density at radius 2 is 2.24 bits per heavy atom. The summed E-state index contributed by atoms with van der Waals surface area (Å²) >= 11 is 0. The second-order valence-electron chi connectivity index (χ2n) is 4.57. The lowest BCUT2D eigenvalue weighted by Crippen LogP contribution is -2.39. The summed E-state index contributed by atoms with van der Waals surface area (Å²) in [7, 11) is 0. The Labute approximate surface area is 104 Å². The molecular formula is C13H24N2O2. The van der Waals surface area contributed by atoms with E-state index in [0.717, 1.165) is 25.7 Å². The van der Waals surface area contributed by atoms with Crippen LogP contribution in [0.2, 0.25) is 0 Å². The molecule has 98 valence electrons. The van der Waals surface area contributed by atoms with Crippen LogP contribution in [0.5, 0.6) is 0 Å². The molecule has 0 bridgehead atoms. The number of hydrogen-bond acceptors (Lipinski definition) is 3. The van der Waals surface area contributed by atoms with E-state index < -0.39 is 0 Å². The van der Waals surface area contributed by atoms with Gasteiger partial charge in [0.05, 0.1) is 12.9 Å². The number of rotatable bonds is 7. The summed E-state index contributed by atoms with van der Waals surface area (Å²) in [6, 6.07) is 0. The summed E-state index contributed by atoms with van der Waals surface area (Å²) < 4.78 is 5.00. The quantitative estimate of drug-likeness (QED) is 0.522. The van der Waals surface area contributed by atoms with Gasteiger partial charge in [0.15, 0.2) is 0 Å². The van der Waals surface area contributed by atoms with E-state index in [0.29, 0.717) is 25.6 Å². The zero-order chi connectivity index (χ0) is 12.5. The Bertz CT molecular complexity index is 244. The molecule has 4 nitrogen and oxygen atoms in total. The van der Waals surface area contributed by atoms with Crippen molar-refractivity contribution in [3.05, 3.63) is 12.8 Å². The van der Waals surface area contributed by atoms with Crippen molar-refractivity contribution >= 4 is 5.91 Å². The van der Waals surface area contributed by atoms with Gasteiger partial charge >= 0.3 is 0 Å². The van der Waals surface area contributed by atoms with Gasteiger partial charge in [0.25, 0.3) is 0 Å². The van der Waals surface area contributed by atoms with Crippen molar-refractivity contribution in [3.8, 4) is 0 Å². The molecule has 0 aliphatic heterocycles. The average molecular weight is 240 g/mol. The topological polar surface area (TPSA) is 64.3 Å². The van der Waals surface area contributed by atoms with Crippen LogP contribution >= 0.6 is 0 Å². The van der Waals surface area contributed by atoms with Crippen LogP contribution in [-0.4, -0.2) is 25.6 Å². The fourth-order valence-corrected chi connectivity index (χ4v) is 2.42. The zero-order valence-electron chi connectivity index (χ0n) is 10.5. The predicted octanol–water partition coefficient (Wildman–Crippen LogP) is 1.42. The van der Waals surface area contributed by atoms with E-state index in [2.05, 4.69) is 11.9 Å². The Hall–Kier alpha value is -1.03. The summed E-state index contributed by atoms with van der Waals surface area (Å²) in [6.07, 6.45) is 6.67. The number of nitrogens with two attached hydrogens (primary N) is 1. The molecule has 17 heavy (non-hydrogen) atoms. The Morgan fingerprint density at radius 3 is 2.94 bits per heavy atom. The molecule has 2 atom stereocenters. The molecule has 0 saturated heterocycles. The first-order valence-electron chi connectivity index (χ1n) is 6.50. The van der Waals surface area contributed by atoms with Gasteiger partial charge in [0.1, 0.15) is 0 Å². The van der Waals surface area contributed by atoms with E-state index >= 15 is 0 Å². The van der Waals surface area contributed by atoms with Crippen LogP contribution in [0.4, 0.5) is 0 Å². The molecule has 0 aromatic carbocycles. The fourth-order valence-electron chi connectivity index (χ4n) is 2.42. The van der Waals surface area contributed by atoms with Crippen LogP contribution < -0.4 is 11.1 Å². The molecule has 0 spiro atoms. The fraction of sp³-hybridized carbons (Fsp3) is 0.769. The molecule has 0 aromatic rings. The minimum absolute atomic E-state index is 0.120. The SMILES string of the molecule is C=COCCCNC(=O)C1CCCCC1CN. The van der Waals surface area contributed by atoms with Crippen molar-refractivity contribution in [1.82, 2.24) is 5.32 Å². The molecule has 1 fully saturated rings. The highest BCUT2D eigenvalue weighted by molar-refractivity contribution is 5.79. The van der Waals surface area contributed by atoms with Crippen molar-refractivity contribution in [2.24, 2.45) is 17.6 Å². The summed E-state index contributed by atoms with van der Waals surface area (Å²) in [5, 5.41) is 2.97. The first-order chi connectivity index (χ1) is 8.29. The number of amides is 1. The number of ether oxygens (including phenoxy) is 1. The van der Waals surface area contributed by atoms with E-state index in [1.807, 2.05) is 0 Å². The van der Waals surface area contributed by atoms with Crippen LogP contribution in [0.1, 0.15) is 32.1 Å². The first kappa shape index (κ1) is 14.0. The maximum Gasteiger partial charge on any atom is 0.223 e. The molecule has 0 heterocycles. The van der Waals surface area contributed by atoms with Crippen molar-refractivity contribution in [1.29, 1.82) is 0 Å². The maximum absolute atomic E-state index is 12.0. The summed E-state index contributed by atoms with van der Waals surface area (Å²) in [5.74, 6) is 0.654. The summed E-state index contributed by atoms with van der Waals surface area (Å²) in [6.45, 7) is 5.36. The lowest BCUT2D eigenvalue weighted by Gasteiger charge is -2.29. The highest BCUT2D eigenvalue weighted by Crippen LogP contribution is 2.29. The van der Waals surface area contributed by atoms with E-state index in [4.69, 9.17) is 10.5 Å². The highest BCUT2D eigenvalue weighted by Gasteiger charge is 2.29. The standard InChI is InChI=1S/C13H24N2O2/c1-2-17-9-5-8-15-13(16)12-7-4-3-6-11(12)10-14/h2,11-12H,1,3-10,14H2,(H,15,16). The van der Waals surface area contributed by atoms with E-state index in [1.165, 1.54) is 12.7 Å². The second-order valence-corrected chi connectivity index (χ2v) is 4.57. The zero-order valence-corrected chi connectivity index (χ0v) is 10.5. The minimum atomic E-state index is 0.120. The smallest absolute Gasteiger partial charge is 0.223 e. The van der Waals surface area contributed by atoms with Crippen LogP contribution in [0.15, 0.2) is 12.8 Å². The normalized spacial score (nSPS) is 24.1. The third-order valence-electron chi connectivity index (χ3n) is 3.40. The van der Waals surface area contributed by atoms with Crippen molar-refractivity contribution in [3.63, 3.8) is 0 Å². The molecule has 1 rings (SSSR count). The highest BCUT2D eigenvalue weighted by atomic mass is 16.5. The first-order valence-corrected chi connectivity index (χ1v) is 6.50. The molecule has 1 saturated carbocycles. The molecule has 3 N–H and O–H groups in total. The molecule has 0 radical (unpaired) electrons. The molecule has 1 aliphatic rings. The Kier molecular flexibility index (Phi) is 6.70. The van der Waals surface area contributed by atoms with Gasteiger partial charge in [-0.05, 0) is 31.7 Å². The van der Waals surface area contributed by atoms with Gasteiger partial charge in [-0.2, -0.15) is 0 Å². The Morgan fingerprint density at radius 1 is 1.47 bits per heavy atom. The number of hydrogen-bond donors (Lipinski definition) is 2. The molecule has 4 heteroatoms. The summed E-state index contributed by atoms with van der Waals surface area (Å²) in [5.41, 5.74) is 5.71. The molecule has 1 aliphatic carbocycles. The predicted molar refractivity (Wildman–Crippen MR) is 68.3 cm³/mol.